The lowest BCUT2D eigenvalue weighted by Crippen LogP contribution is -2.34. The van der Waals surface area contributed by atoms with Gasteiger partial charge in [0.2, 0.25) is 5.91 Å². The Hall–Kier alpha value is -0.610. The van der Waals surface area contributed by atoms with E-state index in [0.717, 1.165) is 19.3 Å². The monoisotopic (exact) mass is 254 g/mol. The van der Waals surface area contributed by atoms with Crippen molar-refractivity contribution in [2.24, 2.45) is 5.41 Å². The van der Waals surface area contributed by atoms with Gasteiger partial charge in [0, 0.05) is 24.4 Å². The highest BCUT2D eigenvalue weighted by Gasteiger charge is 2.41. The number of carbonyl (C=O) groups excluding carboxylic acids is 1. The molecule has 1 saturated carbocycles. The smallest absolute Gasteiger partial charge is 0.220 e. The first-order valence-corrected chi connectivity index (χ1v) is 7.27. The molecule has 0 spiro atoms. The summed E-state index contributed by atoms with van der Waals surface area (Å²) in [6.45, 7) is 5.46. The summed E-state index contributed by atoms with van der Waals surface area (Å²) in [5.74, 6) is 0.140. The van der Waals surface area contributed by atoms with Crippen LogP contribution in [0.2, 0.25) is 0 Å². The maximum atomic E-state index is 11.7. The first-order chi connectivity index (χ1) is 8.65. The van der Waals surface area contributed by atoms with E-state index in [-0.39, 0.29) is 17.9 Å². The van der Waals surface area contributed by atoms with Crippen LogP contribution >= 0.6 is 0 Å². The van der Waals surface area contributed by atoms with Crippen LogP contribution in [0.4, 0.5) is 0 Å². The van der Waals surface area contributed by atoms with E-state index in [0.29, 0.717) is 19.0 Å². The quantitative estimate of drug-likeness (QED) is 0.716. The Morgan fingerprint density at radius 3 is 2.61 bits per heavy atom. The standard InChI is InChI=1S/C14H26N2O2/c1-12(16-8-2-3-9-16)4-5-13(18)15-10-14(11-17)6-7-14/h12,17H,2-11H2,1H3,(H,15,18). The van der Waals surface area contributed by atoms with Gasteiger partial charge in [0.25, 0.3) is 0 Å². The number of amides is 1. The van der Waals surface area contributed by atoms with Crippen LogP contribution in [-0.4, -0.2) is 48.2 Å². The van der Waals surface area contributed by atoms with Gasteiger partial charge in [-0.05, 0) is 52.1 Å². The van der Waals surface area contributed by atoms with Crippen molar-refractivity contribution < 1.29 is 9.90 Å². The highest BCUT2D eigenvalue weighted by molar-refractivity contribution is 5.75. The Morgan fingerprint density at radius 1 is 1.39 bits per heavy atom. The molecular weight excluding hydrogens is 228 g/mol. The maximum absolute atomic E-state index is 11.7. The molecule has 1 amide bonds. The van der Waals surface area contributed by atoms with E-state index < -0.39 is 0 Å². The number of aliphatic hydroxyl groups excluding tert-OH is 1. The largest absolute Gasteiger partial charge is 0.396 e. The number of rotatable bonds is 7. The van der Waals surface area contributed by atoms with Crippen molar-refractivity contribution in [1.29, 1.82) is 0 Å². The number of carbonyl (C=O) groups is 1. The molecule has 104 valence electrons. The van der Waals surface area contributed by atoms with E-state index in [1.54, 1.807) is 0 Å². The van der Waals surface area contributed by atoms with Crippen LogP contribution in [0.3, 0.4) is 0 Å². The summed E-state index contributed by atoms with van der Waals surface area (Å²) < 4.78 is 0. The molecule has 4 nitrogen and oxygen atoms in total. The van der Waals surface area contributed by atoms with Crippen LogP contribution in [0.25, 0.3) is 0 Å². The predicted octanol–water partition coefficient (Wildman–Crippen LogP) is 1.14. The average Bonchev–Trinajstić information content (AvgIpc) is 2.96. The summed E-state index contributed by atoms with van der Waals surface area (Å²) in [5, 5.41) is 12.1. The zero-order chi connectivity index (χ0) is 13.0. The van der Waals surface area contributed by atoms with Crippen molar-refractivity contribution in [3.63, 3.8) is 0 Å². The summed E-state index contributed by atoms with van der Waals surface area (Å²) in [7, 11) is 0. The zero-order valence-electron chi connectivity index (χ0n) is 11.5. The molecule has 0 aromatic carbocycles. The van der Waals surface area contributed by atoms with Crippen molar-refractivity contribution >= 4 is 5.91 Å². The third kappa shape index (κ3) is 3.69. The highest BCUT2D eigenvalue weighted by atomic mass is 16.3. The number of hydrogen-bond donors (Lipinski definition) is 2. The van der Waals surface area contributed by atoms with Gasteiger partial charge in [0.1, 0.15) is 0 Å². The fraction of sp³-hybridized carbons (Fsp3) is 0.929. The van der Waals surface area contributed by atoms with Crippen molar-refractivity contribution in [1.82, 2.24) is 10.2 Å². The average molecular weight is 254 g/mol. The predicted molar refractivity (Wildman–Crippen MR) is 71.3 cm³/mol. The summed E-state index contributed by atoms with van der Waals surface area (Å²) in [6, 6.07) is 0.519. The number of nitrogens with zero attached hydrogens (tertiary/aromatic N) is 1. The molecule has 0 aromatic rings. The summed E-state index contributed by atoms with van der Waals surface area (Å²) >= 11 is 0. The Labute approximate surface area is 110 Å². The van der Waals surface area contributed by atoms with Crippen molar-refractivity contribution in [3.05, 3.63) is 0 Å². The third-order valence-electron chi connectivity index (χ3n) is 4.51. The fourth-order valence-corrected chi connectivity index (χ4v) is 2.65. The highest BCUT2D eigenvalue weighted by Crippen LogP contribution is 2.44. The van der Waals surface area contributed by atoms with Crippen LogP contribution in [0, 0.1) is 5.41 Å². The first-order valence-electron chi connectivity index (χ1n) is 7.27. The molecule has 2 aliphatic rings. The fourth-order valence-electron chi connectivity index (χ4n) is 2.65. The molecule has 1 atom stereocenters. The van der Waals surface area contributed by atoms with Gasteiger partial charge in [-0.2, -0.15) is 0 Å². The molecule has 2 fully saturated rings. The summed E-state index contributed by atoms with van der Waals surface area (Å²) in [4.78, 5) is 14.2. The molecule has 1 aliphatic carbocycles. The topological polar surface area (TPSA) is 52.6 Å². The van der Waals surface area contributed by atoms with Gasteiger partial charge >= 0.3 is 0 Å². The van der Waals surface area contributed by atoms with E-state index in [1.807, 2.05) is 0 Å². The molecule has 0 bridgehead atoms. The molecule has 0 radical (unpaired) electrons. The first kappa shape index (κ1) is 13.8. The van der Waals surface area contributed by atoms with E-state index >= 15 is 0 Å². The van der Waals surface area contributed by atoms with Gasteiger partial charge in [-0.3, -0.25) is 4.79 Å². The third-order valence-corrected chi connectivity index (χ3v) is 4.51. The molecule has 18 heavy (non-hydrogen) atoms. The molecular formula is C14H26N2O2. The van der Waals surface area contributed by atoms with E-state index in [4.69, 9.17) is 0 Å². The van der Waals surface area contributed by atoms with Gasteiger partial charge in [-0.1, -0.05) is 0 Å². The number of aliphatic hydroxyl groups is 1. The van der Waals surface area contributed by atoms with Crippen LogP contribution < -0.4 is 5.32 Å². The van der Waals surface area contributed by atoms with Crippen LogP contribution in [0.5, 0.6) is 0 Å². The normalized spacial score (nSPS) is 23.9. The van der Waals surface area contributed by atoms with Gasteiger partial charge in [-0.25, -0.2) is 0 Å². The van der Waals surface area contributed by atoms with Gasteiger partial charge in [0.05, 0.1) is 6.61 Å². The number of likely N-dealkylation sites (tertiary alicyclic amines) is 1. The second-order valence-corrected chi connectivity index (χ2v) is 6.07. The Kier molecular flexibility index (Phi) is 4.62. The summed E-state index contributed by atoms with van der Waals surface area (Å²) in [6.07, 6.45) is 6.25. The molecule has 0 aromatic heterocycles. The van der Waals surface area contributed by atoms with Crippen LogP contribution in [-0.2, 0) is 4.79 Å². The molecule has 1 saturated heterocycles. The Bertz CT molecular complexity index is 284. The van der Waals surface area contributed by atoms with Gasteiger partial charge in [0.15, 0.2) is 0 Å². The number of nitrogens with one attached hydrogen (secondary N) is 1. The zero-order valence-corrected chi connectivity index (χ0v) is 11.5. The molecule has 4 heteroatoms. The second kappa shape index (κ2) is 6.02. The van der Waals surface area contributed by atoms with Gasteiger partial charge in [-0.15, -0.1) is 0 Å². The van der Waals surface area contributed by atoms with Crippen molar-refractivity contribution in [3.8, 4) is 0 Å². The lowest BCUT2D eigenvalue weighted by Gasteiger charge is -2.23. The number of hydrogen-bond acceptors (Lipinski definition) is 3. The van der Waals surface area contributed by atoms with Crippen molar-refractivity contribution in [2.75, 3.05) is 26.2 Å². The molecule has 1 heterocycles. The lowest BCUT2D eigenvalue weighted by atomic mass is 10.1. The Morgan fingerprint density at radius 2 is 2.06 bits per heavy atom. The van der Waals surface area contributed by atoms with E-state index in [9.17, 15) is 9.90 Å². The minimum absolute atomic E-state index is 0.0240. The molecule has 2 N–H and O–H groups in total. The minimum Gasteiger partial charge on any atom is -0.396 e. The van der Waals surface area contributed by atoms with E-state index in [1.165, 1.54) is 25.9 Å². The van der Waals surface area contributed by atoms with Crippen molar-refractivity contribution in [2.45, 2.75) is 51.5 Å². The Balaban J connectivity index is 1.59. The van der Waals surface area contributed by atoms with E-state index in [2.05, 4.69) is 17.1 Å². The SMILES string of the molecule is CC(CCC(=O)NCC1(CO)CC1)N1CCCC1. The van der Waals surface area contributed by atoms with Crippen LogP contribution in [0.15, 0.2) is 0 Å². The second-order valence-electron chi connectivity index (χ2n) is 6.07. The van der Waals surface area contributed by atoms with Crippen LogP contribution in [0.1, 0.15) is 45.4 Å². The minimum atomic E-state index is 0.0240. The lowest BCUT2D eigenvalue weighted by molar-refractivity contribution is -0.121. The van der Waals surface area contributed by atoms with Gasteiger partial charge < -0.3 is 15.3 Å². The molecule has 1 aliphatic heterocycles. The maximum Gasteiger partial charge on any atom is 0.220 e. The summed E-state index contributed by atoms with van der Waals surface area (Å²) in [5.41, 5.74) is 0.0240. The molecule has 1 unspecified atom stereocenters. The molecule has 2 rings (SSSR count).